The van der Waals surface area contributed by atoms with Gasteiger partial charge in [0.2, 0.25) is 23.1 Å². The molecule has 6 rings (SSSR count). The molecule has 274 valence electrons. The van der Waals surface area contributed by atoms with Gasteiger partial charge in [0.05, 0.1) is 30.0 Å². The molecule has 0 radical (unpaired) electrons. The summed E-state index contributed by atoms with van der Waals surface area (Å²) >= 11 is 5.69. The number of aromatic hydroxyl groups is 2. The molecule has 0 aliphatic rings. The highest BCUT2D eigenvalue weighted by Crippen LogP contribution is 2.36. The molecule has 0 unspecified atom stereocenters. The number of hydrogen-bond acceptors (Lipinski definition) is 10. The maximum atomic E-state index is 13.2. The Kier molecular flexibility index (Phi) is 11.9. The van der Waals surface area contributed by atoms with Gasteiger partial charge in [-0.05, 0) is 62.7 Å². The summed E-state index contributed by atoms with van der Waals surface area (Å²) in [5.41, 5.74) is -1.37. The minimum atomic E-state index is -4.56. The predicted octanol–water partition coefficient (Wildman–Crippen LogP) is 7.58. The highest BCUT2D eigenvalue weighted by molar-refractivity contribution is 6.29. The third kappa shape index (κ3) is 8.87. The van der Waals surface area contributed by atoms with Crippen LogP contribution in [-0.4, -0.2) is 64.6 Å². The molecule has 0 saturated heterocycles. The summed E-state index contributed by atoms with van der Waals surface area (Å²) in [4.78, 5) is 31.0. The van der Waals surface area contributed by atoms with Gasteiger partial charge in [-0.2, -0.15) is 46.5 Å². The number of rotatable bonds is 5. The van der Waals surface area contributed by atoms with E-state index in [1.165, 1.54) is 61.5 Å². The van der Waals surface area contributed by atoms with Crippen LogP contribution in [0.4, 0.5) is 26.3 Å². The Morgan fingerprint density at radius 1 is 0.692 bits per heavy atom. The molecule has 4 heterocycles. The second-order valence-corrected chi connectivity index (χ2v) is 10.7. The predicted molar refractivity (Wildman–Crippen MR) is 173 cm³/mol. The molecule has 2 aromatic carbocycles. The number of esters is 2. The molecule has 52 heavy (non-hydrogen) atoms. The molecule has 0 spiro atoms. The Hall–Kier alpha value is -5.91. The fourth-order valence-electron chi connectivity index (χ4n) is 4.56. The van der Waals surface area contributed by atoms with Crippen LogP contribution < -0.4 is 0 Å². The number of carbonyl (C=O) groups excluding carboxylic acids is 2. The molecule has 0 aliphatic heterocycles. The van der Waals surface area contributed by atoms with Crippen LogP contribution in [0.3, 0.4) is 0 Å². The normalized spacial score (nSPS) is 11.3. The van der Waals surface area contributed by atoms with Crippen LogP contribution in [-0.2, 0) is 21.8 Å². The molecule has 19 heteroatoms. The SMILES string of the molecule is CCOC(=O)c1c(O)nc2ccc(-c3ccccc3C(F)(F)F)nn12.CCOC(=O)c1c(O)nc2ccc(Cl)nn12.Cc1ccccc1C(F)(F)F. The smallest absolute Gasteiger partial charge is 0.417 e. The molecule has 4 aromatic heterocycles. The Morgan fingerprint density at radius 3 is 1.63 bits per heavy atom. The third-order valence-electron chi connectivity index (χ3n) is 6.78. The monoisotopic (exact) mass is 752 g/mol. The Balaban J connectivity index is 0.000000191. The van der Waals surface area contributed by atoms with Gasteiger partial charge in [-0.3, -0.25) is 0 Å². The molecular weight excluding hydrogens is 726 g/mol. The van der Waals surface area contributed by atoms with Gasteiger partial charge in [0.1, 0.15) is 5.15 Å². The van der Waals surface area contributed by atoms with Gasteiger partial charge in [0.25, 0.3) is 0 Å². The summed E-state index contributed by atoms with van der Waals surface area (Å²) in [5, 5.41) is 27.4. The first kappa shape index (κ1) is 38.9. The van der Waals surface area contributed by atoms with Gasteiger partial charge in [-0.1, -0.05) is 48.0 Å². The van der Waals surface area contributed by atoms with E-state index in [-0.39, 0.29) is 52.2 Å². The van der Waals surface area contributed by atoms with Crippen molar-refractivity contribution in [2.45, 2.75) is 33.1 Å². The zero-order valence-corrected chi connectivity index (χ0v) is 28.0. The van der Waals surface area contributed by atoms with E-state index in [2.05, 4.69) is 20.2 Å². The summed E-state index contributed by atoms with van der Waals surface area (Å²) in [6.07, 6.45) is -8.78. The van der Waals surface area contributed by atoms with Crippen LogP contribution in [0.5, 0.6) is 11.8 Å². The van der Waals surface area contributed by atoms with Gasteiger partial charge in [0.15, 0.2) is 11.3 Å². The maximum Gasteiger partial charge on any atom is 0.417 e. The van der Waals surface area contributed by atoms with Crippen molar-refractivity contribution in [1.29, 1.82) is 0 Å². The molecule has 0 saturated carbocycles. The molecule has 2 N–H and O–H groups in total. The standard InChI is InChI=1S/C16H12F3N3O3.C9H8ClN3O3.C8H7F3/c1-2-25-15(24)13-14(23)20-12-8-7-11(21-22(12)13)9-5-3-4-6-10(9)16(17,18)19;1-2-16-9(15)7-8(14)11-6-4-3-5(10)12-13(6)7;1-6-4-2-3-5-7(6)8(9,10)11/h3-8,23H,2H2,1H3;3-4,14H,2H2,1H3;2-5H,1H3. The van der Waals surface area contributed by atoms with Gasteiger partial charge in [-0.25, -0.2) is 18.6 Å². The van der Waals surface area contributed by atoms with E-state index in [4.69, 9.17) is 21.1 Å². The van der Waals surface area contributed by atoms with Crippen molar-refractivity contribution in [2.75, 3.05) is 13.2 Å². The van der Waals surface area contributed by atoms with Gasteiger partial charge < -0.3 is 19.7 Å². The number of hydrogen-bond donors (Lipinski definition) is 2. The first-order valence-electron chi connectivity index (χ1n) is 14.9. The Morgan fingerprint density at radius 2 is 1.15 bits per heavy atom. The van der Waals surface area contributed by atoms with E-state index in [0.717, 1.165) is 21.2 Å². The van der Waals surface area contributed by atoms with Crippen LogP contribution in [0.25, 0.3) is 22.6 Å². The number of benzene rings is 2. The topological polar surface area (TPSA) is 153 Å². The fourth-order valence-corrected chi connectivity index (χ4v) is 4.70. The summed E-state index contributed by atoms with van der Waals surface area (Å²) in [7, 11) is 0. The van der Waals surface area contributed by atoms with Crippen LogP contribution in [0.15, 0.2) is 72.8 Å². The average molecular weight is 753 g/mol. The first-order chi connectivity index (χ1) is 24.5. The lowest BCUT2D eigenvalue weighted by molar-refractivity contribution is -0.138. The van der Waals surface area contributed by atoms with Gasteiger partial charge in [-0.15, -0.1) is 0 Å². The Bertz CT molecular complexity index is 2220. The lowest BCUT2D eigenvalue weighted by atomic mass is 10.0. The third-order valence-corrected chi connectivity index (χ3v) is 6.98. The largest absolute Gasteiger partial charge is 0.491 e. The fraction of sp³-hybridized carbons (Fsp3) is 0.212. The number of carbonyl (C=O) groups is 2. The lowest BCUT2D eigenvalue weighted by Crippen LogP contribution is -2.11. The van der Waals surface area contributed by atoms with E-state index < -0.39 is 47.2 Å². The summed E-state index contributed by atoms with van der Waals surface area (Å²) < 4.78 is 87.5. The highest BCUT2D eigenvalue weighted by Gasteiger charge is 2.34. The average Bonchev–Trinajstić information content (AvgIpc) is 3.59. The molecule has 0 amide bonds. The number of fused-ring (bicyclic) bond motifs is 2. The minimum Gasteiger partial charge on any atom is -0.491 e. The van der Waals surface area contributed by atoms with Crippen LogP contribution in [0.1, 0.15) is 51.5 Å². The van der Waals surface area contributed by atoms with E-state index in [1.807, 2.05) is 0 Å². The number of imidazole rings is 2. The molecule has 0 bridgehead atoms. The lowest BCUT2D eigenvalue weighted by Gasteiger charge is -2.12. The van der Waals surface area contributed by atoms with Crippen LogP contribution >= 0.6 is 11.6 Å². The van der Waals surface area contributed by atoms with E-state index in [9.17, 15) is 46.1 Å². The van der Waals surface area contributed by atoms with E-state index in [0.29, 0.717) is 5.65 Å². The Labute approximate surface area is 294 Å². The number of nitrogens with zero attached hydrogens (tertiary/aromatic N) is 6. The van der Waals surface area contributed by atoms with Crippen LogP contribution in [0, 0.1) is 6.92 Å². The summed E-state index contributed by atoms with van der Waals surface area (Å²) in [5.74, 6) is -2.59. The van der Waals surface area contributed by atoms with Crippen molar-refractivity contribution in [1.82, 2.24) is 29.2 Å². The second kappa shape index (κ2) is 16.0. The zero-order chi connectivity index (χ0) is 38.4. The number of ether oxygens (including phenoxy) is 2. The molecule has 12 nitrogen and oxygen atoms in total. The molecule has 0 atom stereocenters. The van der Waals surface area contributed by atoms with Crippen molar-refractivity contribution in [3.05, 3.63) is 106 Å². The molecular formula is C33H27ClF6N6O6. The number of aromatic nitrogens is 6. The number of aryl methyl sites for hydroxylation is 1. The highest BCUT2D eigenvalue weighted by atomic mass is 35.5. The molecule has 0 fully saturated rings. The first-order valence-corrected chi connectivity index (χ1v) is 15.3. The van der Waals surface area contributed by atoms with E-state index >= 15 is 0 Å². The van der Waals surface area contributed by atoms with Crippen molar-refractivity contribution in [2.24, 2.45) is 0 Å². The zero-order valence-electron chi connectivity index (χ0n) is 27.2. The second-order valence-electron chi connectivity index (χ2n) is 10.3. The number of alkyl halides is 6. The van der Waals surface area contributed by atoms with Crippen molar-refractivity contribution in [3.63, 3.8) is 0 Å². The van der Waals surface area contributed by atoms with E-state index in [1.54, 1.807) is 19.9 Å². The summed E-state index contributed by atoms with van der Waals surface area (Å²) in [6.45, 7) is 4.95. The van der Waals surface area contributed by atoms with Crippen molar-refractivity contribution in [3.8, 4) is 23.0 Å². The minimum absolute atomic E-state index is 0.0247. The number of halogens is 7. The van der Waals surface area contributed by atoms with Crippen molar-refractivity contribution < 1.29 is 55.6 Å². The van der Waals surface area contributed by atoms with Crippen molar-refractivity contribution >= 4 is 34.8 Å². The van der Waals surface area contributed by atoms with Crippen LogP contribution in [0.2, 0.25) is 5.15 Å². The quantitative estimate of drug-likeness (QED) is 0.133. The van der Waals surface area contributed by atoms with Gasteiger partial charge in [0, 0.05) is 5.56 Å². The maximum absolute atomic E-state index is 13.2. The summed E-state index contributed by atoms with van der Waals surface area (Å²) in [6, 6.07) is 16.2. The molecule has 6 aromatic rings. The molecule has 0 aliphatic carbocycles. The van der Waals surface area contributed by atoms with Gasteiger partial charge >= 0.3 is 24.3 Å².